The normalized spacial score (nSPS) is 10.8. The van der Waals surface area contributed by atoms with E-state index >= 15 is 0 Å². The number of hydrogen-bond donors (Lipinski definition) is 0. The summed E-state index contributed by atoms with van der Waals surface area (Å²) < 4.78 is 1.92. The van der Waals surface area contributed by atoms with Crippen LogP contribution in [0.2, 0.25) is 0 Å². The van der Waals surface area contributed by atoms with Gasteiger partial charge in [-0.05, 0) is 18.1 Å². The highest BCUT2D eigenvalue weighted by Crippen LogP contribution is 2.09. The van der Waals surface area contributed by atoms with E-state index in [0.29, 0.717) is 0 Å². The molecule has 2 heterocycles. The van der Waals surface area contributed by atoms with Gasteiger partial charge < -0.3 is 0 Å². The van der Waals surface area contributed by atoms with Crippen molar-refractivity contribution in [3.05, 3.63) is 54.4 Å². The molecule has 17 heavy (non-hydrogen) atoms. The largest absolute Gasteiger partial charge is 0.262 e. The maximum Gasteiger partial charge on any atom is 0.131 e. The smallest absolute Gasteiger partial charge is 0.131 e. The summed E-state index contributed by atoms with van der Waals surface area (Å²) in [5, 5.41) is 8.22. The zero-order valence-electron chi connectivity index (χ0n) is 9.32. The molecule has 0 fully saturated rings. The second-order valence-corrected chi connectivity index (χ2v) is 3.91. The SMILES string of the molecule is c1ccc(CCn2nnc3cnccc32)cc1. The molecule has 0 aliphatic rings. The summed E-state index contributed by atoms with van der Waals surface area (Å²) in [7, 11) is 0. The van der Waals surface area contributed by atoms with Gasteiger partial charge in [0.05, 0.1) is 11.7 Å². The first-order chi connectivity index (χ1) is 8.43. The molecule has 0 bridgehead atoms. The van der Waals surface area contributed by atoms with Crippen LogP contribution in [0.15, 0.2) is 48.8 Å². The van der Waals surface area contributed by atoms with E-state index < -0.39 is 0 Å². The molecule has 0 unspecified atom stereocenters. The Balaban J connectivity index is 1.82. The van der Waals surface area contributed by atoms with Crippen molar-refractivity contribution in [3.8, 4) is 0 Å². The third-order valence-corrected chi connectivity index (χ3v) is 2.77. The molecule has 0 amide bonds. The standard InChI is InChI=1S/C13H12N4/c1-2-4-11(5-3-1)7-9-17-13-6-8-14-10-12(13)15-16-17/h1-6,8,10H,7,9H2. The average Bonchev–Trinajstić information content (AvgIpc) is 2.81. The van der Waals surface area contributed by atoms with Gasteiger partial charge in [0.25, 0.3) is 0 Å². The molecule has 0 aliphatic carbocycles. The number of nitrogens with zero attached hydrogens (tertiary/aromatic N) is 4. The average molecular weight is 224 g/mol. The van der Waals surface area contributed by atoms with Gasteiger partial charge in [0, 0.05) is 12.7 Å². The summed E-state index contributed by atoms with van der Waals surface area (Å²) in [5.41, 5.74) is 3.20. The lowest BCUT2D eigenvalue weighted by Gasteiger charge is -2.02. The molecule has 3 aromatic rings. The van der Waals surface area contributed by atoms with Gasteiger partial charge in [0.2, 0.25) is 0 Å². The fourth-order valence-electron chi connectivity index (χ4n) is 1.87. The minimum atomic E-state index is 0.838. The third kappa shape index (κ3) is 2.01. The Morgan fingerprint density at radius 3 is 2.82 bits per heavy atom. The van der Waals surface area contributed by atoms with Crippen LogP contribution in [0.25, 0.3) is 11.0 Å². The fraction of sp³-hybridized carbons (Fsp3) is 0.154. The van der Waals surface area contributed by atoms with E-state index in [4.69, 9.17) is 0 Å². The number of benzene rings is 1. The molecular weight excluding hydrogens is 212 g/mol. The van der Waals surface area contributed by atoms with Crippen LogP contribution in [0.5, 0.6) is 0 Å². The first kappa shape index (κ1) is 9.96. The molecule has 0 N–H and O–H groups in total. The van der Waals surface area contributed by atoms with Gasteiger partial charge in [-0.15, -0.1) is 5.10 Å². The van der Waals surface area contributed by atoms with Crippen LogP contribution in [0.1, 0.15) is 5.56 Å². The molecule has 84 valence electrons. The molecule has 4 nitrogen and oxygen atoms in total. The van der Waals surface area contributed by atoms with E-state index in [1.54, 1.807) is 12.4 Å². The number of aryl methyl sites for hydroxylation is 2. The number of hydrogen-bond acceptors (Lipinski definition) is 3. The summed E-state index contributed by atoms with van der Waals surface area (Å²) >= 11 is 0. The van der Waals surface area contributed by atoms with Crippen molar-refractivity contribution in [2.75, 3.05) is 0 Å². The molecule has 0 spiro atoms. The molecule has 0 saturated heterocycles. The first-order valence-electron chi connectivity index (χ1n) is 5.60. The molecule has 2 aromatic heterocycles. The predicted octanol–water partition coefficient (Wildman–Crippen LogP) is 2.07. The molecule has 0 radical (unpaired) electrons. The van der Waals surface area contributed by atoms with E-state index in [1.165, 1.54) is 5.56 Å². The highest BCUT2D eigenvalue weighted by atomic mass is 15.4. The van der Waals surface area contributed by atoms with Crippen molar-refractivity contribution in [2.45, 2.75) is 13.0 Å². The third-order valence-electron chi connectivity index (χ3n) is 2.77. The first-order valence-corrected chi connectivity index (χ1v) is 5.60. The highest BCUT2D eigenvalue weighted by molar-refractivity contribution is 5.72. The van der Waals surface area contributed by atoms with E-state index in [1.807, 2.05) is 16.8 Å². The van der Waals surface area contributed by atoms with Gasteiger partial charge in [-0.2, -0.15) is 0 Å². The second kappa shape index (κ2) is 4.33. The predicted molar refractivity (Wildman–Crippen MR) is 65.5 cm³/mol. The van der Waals surface area contributed by atoms with Crippen molar-refractivity contribution < 1.29 is 0 Å². The maximum atomic E-state index is 4.14. The van der Waals surface area contributed by atoms with E-state index in [9.17, 15) is 0 Å². The molecule has 4 heteroatoms. The Morgan fingerprint density at radius 1 is 1.06 bits per heavy atom. The Hall–Kier alpha value is -2.23. The molecule has 3 rings (SSSR count). The van der Waals surface area contributed by atoms with E-state index in [0.717, 1.165) is 24.0 Å². The zero-order valence-corrected chi connectivity index (χ0v) is 9.32. The van der Waals surface area contributed by atoms with Crippen LogP contribution in [0, 0.1) is 0 Å². The summed E-state index contributed by atoms with van der Waals surface area (Å²) in [4.78, 5) is 4.03. The molecule has 0 atom stereocenters. The minimum Gasteiger partial charge on any atom is -0.262 e. The van der Waals surface area contributed by atoms with Gasteiger partial charge in [0.15, 0.2) is 0 Å². The van der Waals surface area contributed by atoms with Crippen molar-refractivity contribution in [1.29, 1.82) is 0 Å². The van der Waals surface area contributed by atoms with Crippen LogP contribution < -0.4 is 0 Å². The van der Waals surface area contributed by atoms with Crippen LogP contribution >= 0.6 is 0 Å². The van der Waals surface area contributed by atoms with Gasteiger partial charge in [0.1, 0.15) is 5.52 Å². The second-order valence-electron chi connectivity index (χ2n) is 3.91. The molecule has 0 saturated carbocycles. The van der Waals surface area contributed by atoms with Crippen molar-refractivity contribution in [3.63, 3.8) is 0 Å². The Kier molecular flexibility index (Phi) is 2.54. The Morgan fingerprint density at radius 2 is 1.94 bits per heavy atom. The van der Waals surface area contributed by atoms with E-state index in [2.05, 4.69) is 39.6 Å². The lowest BCUT2D eigenvalue weighted by atomic mass is 10.1. The van der Waals surface area contributed by atoms with Crippen LogP contribution in [-0.2, 0) is 13.0 Å². The molecule has 1 aromatic carbocycles. The van der Waals surface area contributed by atoms with Crippen LogP contribution in [-0.4, -0.2) is 20.0 Å². The fourth-order valence-corrected chi connectivity index (χ4v) is 1.87. The summed E-state index contributed by atoms with van der Waals surface area (Å²) in [5.74, 6) is 0. The number of fused-ring (bicyclic) bond motifs is 1. The van der Waals surface area contributed by atoms with Gasteiger partial charge in [-0.25, -0.2) is 4.68 Å². The highest BCUT2D eigenvalue weighted by Gasteiger charge is 2.03. The minimum absolute atomic E-state index is 0.838. The maximum absolute atomic E-state index is 4.14. The topological polar surface area (TPSA) is 43.6 Å². The van der Waals surface area contributed by atoms with Crippen molar-refractivity contribution in [1.82, 2.24) is 20.0 Å². The summed E-state index contributed by atoms with van der Waals surface area (Å²) in [6.45, 7) is 0.838. The Labute approximate surface area is 98.9 Å². The number of pyridine rings is 1. The zero-order chi connectivity index (χ0) is 11.5. The molecular formula is C13H12N4. The van der Waals surface area contributed by atoms with Crippen molar-refractivity contribution >= 4 is 11.0 Å². The summed E-state index contributed by atoms with van der Waals surface area (Å²) in [6.07, 6.45) is 4.47. The lowest BCUT2D eigenvalue weighted by Crippen LogP contribution is -2.03. The van der Waals surface area contributed by atoms with Crippen molar-refractivity contribution in [2.24, 2.45) is 0 Å². The molecule has 0 aliphatic heterocycles. The van der Waals surface area contributed by atoms with Gasteiger partial charge in [-0.3, -0.25) is 4.98 Å². The Bertz CT molecular complexity index is 615. The number of aromatic nitrogens is 4. The van der Waals surface area contributed by atoms with Crippen LogP contribution in [0.4, 0.5) is 0 Å². The van der Waals surface area contributed by atoms with Gasteiger partial charge >= 0.3 is 0 Å². The van der Waals surface area contributed by atoms with E-state index in [-0.39, 0.29) is 0 Å². The lowest BCUT2D eigenvalue weighted by molar-refractivity contribution is 0.606. The monoisotopic (exact) mass is 224 g/mol. The number of rotatable bonds is 3. The van der Waals surface area contributed by atoms with Crippen LogP contribution in [0.3, 0.4) is 0 Å². The van der Waals surface area contributed by atoms with Gasteiger partial charge in [-0.1, -0.05) is 35.5 Å². The quantitative estimate of drug-likeness (QED) is 0.684. The summed E-state index contributed by atoms with van der Waals surface area (Å²) in [6, 6.07) is 12.3.